The number of amides is 2. The molecule has 2 N–H and O–H groups in total. The second-order valence-corrected chi connectivity index (χ2v) is 4.98. The summed E-state index contributed by atoms with van der Waals surface area (Å²) in [6.07, 6.45) is 4.69. The number of carbonyl (C=O) groups is 2. The number of imidazole rings is 1. The van der Waals surface area contributed by atoms with Crippen LogP contribution in [0.4, 0.5) is 5.69 Å². The maximum Gasteiger partial charge on any atom is 0.259 e. The van der Waals surface area contributed by atoms with Gasteiger partial charge in [0.05, 0.1) is 29.7 Å². The van der Waals surface area contributed by atoms with Crippen molar-refractivity contribution in [1.29, 1.82) is 0 Å². The number of benzene rings is 1. The quantitative estimate of drug-likeness (QED) is 0.821. The first kappa shape index (κ1) is 13.4. The third-order valence-corrected chi connectivity index (χ3v) is 3.47. The minimum absolute atomic E-state index is 0.331. The number of carbonyl (C=O) groups excluding carboxylic acids is 2. The highest BCUT2D eigenvalue weighted by molar-refractivity contribution is 6.21. The highest BCUT2D eigenvalue weighted by Gasteiger charge is 2.26. The maximum atomic E-state index is 11.6. The number of nitrogens with one attached hydrogen (secondary N) is 2. The molecule has 0 saturated heterocycles. The fourth-order valence-corrected chi connectivity index (χ4v) is 2.41. The Bertz CT molecular complexity index is 705. The van der Waals surface area contributed by atoms with Crippen molar-refractivity contribution >= 4 is 17.5 Å². The van der Waals surface area contributed by atoms with E-state index in [-0.39, 0.29) is 11.8 Å². The topological polar surface area (TPSA) is 76.0 Å². The van der Waals surface area contributed by atoms with Crippen molar-refractivity contribution in [2.24, 2.45) is 0 Å². The summed E-state index contributed by atoms with van der Waals surface area (Å²) in [6.45, 7) is 3.67. The van der Waals surface area contributed by atoms with E-state index in [1.54, 1.807) is 18.2 Å². The molecule has 0 aliphatic carbocycles. The van der Waals surface area contributed by atoms with E-state index >= 15 is 0 Å². The van der Waals surface area contributed by atoms with Crippen LogP contribution in [0.25, 0.3) is 0 Å². The number of imide groups is 1. The number of nitrogens with zero attached hydrogens (tertiary/aromatic N) is 2. The van der Waals surface area contributed by atoms with Gasteiger partial charge in [0, 0.05) is 18.4 Å². The molecular formula is C15H16N4O2. The molecular weight excluding hydrogens is 268 g/mol. The number of hydrogen-bond acceptors (Lipinski definition) is 4. The number of aromatic nitrogens is 2. The Morgan fingerprint density at radius 1 is 1.24 bits per heavy atom. The van der Waals surface area contributed by atoms with Gasteiger partial charge >= 0.3 is 0 Å². The summed E-state index contributed by atoms with van der Waals surface area (Å²) in [5.41, 5.74) is 2.74. The first-order valence-electron chi connectivity index (χ1n) is 6.91. The normalized spacial score (nSPS) is 13.2. The molecule has 108 valence electrons. The molecule has 2 aromatic rings. The third-order valence-electron chi connectivity index (χ3n) is 3.47. The summed E-state index contributed by atoms with van der Waals surface area (Å²) in [5.74, 6) is -0.669. The van der Waals surface area contributed by atoms with E-state index in [9.17, 15) is 9.59 Å². The van der Waals surface area contributed by atoms with Gasteiger partial charge in [-0.1, -0.05) is 6.92 Å². The fourth-order valence-electron chi connectivity index (χ4n) is 2.41. The average Bonchev–Trinajstić information content (AvgIpc) is 3.03. The molecule has 1 aliphatic heterocycles. The molecule has 0 fully saturated rings. The van der Waals surface area contributed by atoms with Gasteiger partial charge in [0.15, 0.2) is 0 Å². The van der Waals surface area contributed by atoms with Gasteiger partial charge < -0.3 is 9.88 Å². The number of anilines is 1. The fraction of sp³-hybridized carbons (Fsp3) is 0.267. The van der Waals surface area contributed by atoms with Gasteiger partial charge in [-0.25, -0.2) is 4.98 Å². The molecule has 3 rings (SSSR count). The van der Waals surface area contributed by atoms with Crippen LogP contribution in [-0.4, -0.2) is 21.4 Å². The van der Waals surface area contributed by atoms with Crippen LogP contribution in [0.5, 0.6) is 0 Å². The Hall–Kier alpha value is -2.63. The third kappa shape index (κ3) is 2.52. The first-order chi connectivity index (χ1) is 10.2. The summed E-state index contributed by atoms with van der Waals surface area (Å²) < 4.78 is 2.09. The van der Waals surface area contributed by atoms with Gasteiger partial charge in [0.2, 0.25) is 0 Å². The Balaban J connectivity index is 1.74. The molecule has 6 heteroatoms. The zero-order valence-corrected chi connectivity index (χ0v) is 11.7. The van der Waals surface area contributed by atoms with Crippen LogP contribution in [0.3, 0.4) is 0 Å². The van der Waals surface area contributed by atoms with E-state index in [1.807, 2.05) is 12.5 Å². The molecule has 1 aliphatic rings. The van der Waals surface area contributed by atoms with E-state index < -0.39 is 0 Å². The monoisotopic (exact) mass is 284 g/mol. The van der Waals surface area contributed by atoms with Gasteiger partial charge in [-0.05, 0) is 24.6 Å². The standard InChI is InChI=1S/C15H16N4O2/c1-2-5-19-9-16-7-11(19)8-17-10-3-4-12-13(6-10)15(21)18-14(12)20/h3-4,6-7,9,17H,2,5,8H2,1H3,(H,18,20,21). The number of hydrogen-bond donors (Lipinski definition) is 2. The number of fused-ring (bicyclic) bond motifs is 1. The van der Waals surface area contributed by atoms with E-state index in [0.29, 0.717) is 17.7 Å². The van der Waals surface area contributed by atoms with Gasteiger partial charge in [0.25, 0.3) is 11.8 Å². The van der Waals surface area contributed by atoms with Gasteiger partial charge in [-0.2, -0.15) is 0 Å². The van der Waals surface area contributed by atoms with Gasteiger partial charge in [0.1, 0.15) is 0 Å². The lowest BCUT2D eigenvalue weighted by atomic mass is 10.1. The molecule has 6 nitrogen and oxygen atoms in total. The molecule has 0 atom stereocenters. The van der Waals surface area contributed by atoms with Crippen molar-refractivity contribution in [3.63, 3.8) is 0 Å². The SMILES string of the molecule is CCCn1cncc1CNc1ccc2c(c1)C(=O)NC2=O. The Kier molecular flexibility index (Phi) is 3.43. The molecule has 2 heterocycles. The Morgan fingerprint density at radius 3 is 2.86 bits per heavy atom. The van der Waals surface area contributed by atoms with Crippen LogP contribution in [0.2, 0.25) is 0 Å². The highest BCUT2D eigenvalue weighted by atomic mass is 16.2. The zero-order chi connectivity index (χ0) is 14.8. The molecule has 0 bridgehead atoms. The lowest BCUT2D eigenvalue weighted by molar-refractivity contribution is 0.0879. The molecule has 0 unspecified atom stereocenters. The van der Waals surface area contributed by atoms with Crippen LogP contribution in [0.1, 0.15) is 39.8 Å². The summed E-state index contributed by atoms with van der Waals surface area (Å²) in [5, 5.41) is 5.54. The Labute approximate surface area is 122 Å². The van der Waals surface area contributed by atoms with Crippen LogP contribution < -0.4 is 10.6 Å². The lowest BCUT2D eigenvalue weighted by Crippen LogP contribution is -2.19. The van der Waals surface area contributed by atoms with Crippen molar-refractivity contribution < 1.29 is 9.59 Å². The van der Waals surface area contributed by atoms with Crippen molar-refractivity contribution in [1.82, 2.24) is 14.9 Å². The lowest BCUT2D eigenvalue weighted by Gasteiger charge is -2.09. The molecule has 0 radical (unpaired) electrons. The minimum atomic E-state index is -0.338. The van der Waals surface area contributed by atoms with E-state index in [2.05, 4.69) is 27.1 Å². The van der Waals surface area contributed by atoms with Crippen molar-refractivity contribution in [3.8, 4) is 0 Å². The molecule has 1 aromatic heterocycles. The van der Waals surface area contributed by atoms with Gasteiger partial charge in [-0.3, -0.25) is 14.9 Å². The van der Waals surface area contributed by atoms with Crippen LogP contribution in [-0.2, 0) is 13.1 Å². The number of aryl methyl sites for hydroxylation is 1. The Morgan fingerprint density at radius 2 is 2.05 bits per heavy atom. The summed E-state index contributed by atoms with van der Waals surface area (Å²) >= 11 is 0. The van der Waals surface area contributed by atoms with E-state index in [1.165, 1.54) is 0 Å². The smallest absolute Gasteiger partial charge is 0.259 e. The zero-order valence-electron chi connectivity index (χ0n) is 11.7. The molecule has 21 heavy (non-hydrogen) atoms. The van der Waals surface area contributed by atoms with Crippen LogP contribution in [0, 0.1) is 0 Å². The van der Waals surface area contributed by atoms with Crippen molar-refractivity contribution in [2.75, 3.05) is 5.32 Å². The number of rotatable bonds is 5. The van der Waals surface area contributed by atoms with Gasteiger partial charge in [-0.15, -0.1) is 0 Å². The summed E-state index contributed by atoms with van der Waals surface area (Å²) in [6, 6.07) is 5.18. The highest BCUT2D eigenvalue weighted by Crippen LogP contribution is 2.20. The summed E-state index contributed by atoms with van der Waals surface area (Å²) in [4.78, 5) is 27.3. The molecule has 2 amide bonds. The second-order valence-electron chi connectivity index (χ2n) is 4.98. The van der Waals surface area contributed by atoms with Crippen LogP contribution >= 0.6 is 0 Å². The summed E-state index contributed by atoms with van der Waals surface area (Å²) in [7, 11) is 0. The first-order valence-corrected chi connectivity index (χ1v) is 6.91. The van der Waals surface area contributed by atoms with Crippen LogP contribution in [0.15, 0.2) is 30.7 Å². The second kappa shape index (κ2) is 5.40. The van der Waals surface area contributed by atoms with E-state index in [4.69, 9.17) is 0 Å². The van der Waals surface area contributed by atoms with E-state index in [0.717, 1.165) is 24.3 Å². The predicted molar refractivity (Wildman–Crippen MR) is 78.1 cm³/mol. The van der Waals surface area contributed by atoms with Crippen molar-refractivity contribution in [2.45, 2.75) is 26.4 Å². The minimum Gasteiger partial charge on any atom is -0.379 e. The largest absolute Gasteiger partial charge is 0.379 e. The molecule has 0 spiro atoms. The molecule has 1 aromatic carbocycles. The molecule has 0 saturated carbocycles. The predicted octanol–water partition coefficient (Wildman–Crippen LogP) is 1.79. The van der Waals surface area contributed by atoms with Crippen molar-refractivity contribution in [3.05, 3.63) is 47.5 Å². The average molecular weight is 284 g/mol. The maximum absolute atomic E-state index is 11.6.